The minimum atomic E-state index is -0.0605. The maximum Gasteiger partial charge on any atom is 0.267 e. The van der Waals surface area contributed by atoms with Crippen LogP contribution in [-0.4, -0.2) is 16.8 Å². The molecule has 0 radical (unpaired) electrons. The fourth-order valence-corrected chi connectivity index (χ4v) is 2.41. The number of hydrogen-bond acceptors (Lipinski definition) is 3. The molecular weight excluding hydrogens is 250 g/mol. The second kappa shape index (κ2) is 6.01. The van der Waals surface area contributed by atoms with E-state index in [4.69, 9.17) is 0 Å². The summed E-state index contributed by atoms with van der Waals surface area (Å²) in [5, 5.41) is 7.46. The van der Waals surface area contributed by atoms with E-state index in [2.05, 4.69) is 42.5 Å². The Morgan fingerprint density at radius 1 is 1.10 bits per heavy atom. The topological polar surface area (TPSA) is 46.9 Å². The van der Waals surface area contributed by atoms with Crippen molar-refractivity contribution in [2.24, 2.45) is 0 Å². The second-order valence-electron chi connectivity index (χ2n) is 5.32. The average Bonchev–Trinajstić information content (AvgIpc) is 2.36. The van der Waals surface area contributed by atoms with Crippen molar-refractivity contribution in [2.75, 3.05) is 7.05 Å². The Kier molecular flexibility index (Phi) is 4.35. The molecule has 1 heterocycles. The first-order valence-electron chi connectivity index (χ1n) is 6.79. The van der Waals surface area contributed by atoms with Crippen LogP contribution in [0.15, 0.2) is 35.3 Å². The third kappa shape index (κ3) is 3.33. The zero-order valence-corrected chi connectivity index (χ0v) is 12.5. The predicted octanol–water partition coefficient (Wildman–Crippen LogP) is 2.13. The van der Waals surface area contributed by atoms with Gasteiger partial charge < -0.3 is 5.32 Å². The minimum absolute atomic E-state index is 0.0605. The Balaban J connectivity index is 2.31. The van der Waals surface area contributed by atoms with Gasteiger partial charge >= 0.3 is 0 Å². The lowest BCUT2D eigenvalue weighted by Gasteiger charge is -2.18. The van der Waals surface area contributed by atoms with Gasteiger partial charge in [-0.25, -0.2) is 4.68 Å². The molecule has 4 heteroatoms. The standard InChI is InChI=1S/C16H21N3O/c1-11-5-12(2)7-14(6-11)15(17-4)10-19-16(20)8-13(3)9-18-19/h5-9,15,17H,10H2,1-4H3. The van der Waals surface area contributed by atoms with E-state index < -0.39 is 0 Å². The fourth-order valence-electron chi connectivity index (χ4n) is 2.41. The number of aromatic nitrogens is 2. The molecule has 20 heavy (non-hydrogen) atoms. The summed E-state index contributed by atoms with van der Waals surface area (Å²) in [5.74, 6) is 0. The monoisotopic (exact) mass is 271 g/mol. The first kappa shape index (κ1) is 14.5. The molecule has 2 rings (SSSR count). The number of nitrogens with zero attached hydrogens (tertiary/aromatic N) is 2. The third-order valence-electron chi connectivity index (χ3n) is 3.36. The summed E-state index contributed by atoms with van der Waals surface area (Å²) in [6, 6.07) is 8.12. The number of benzene rings is 1. The first-order chi connectivity index (χ1) is 9.49. The summed E-state index contributed by atoms with van der Waals surface area (Å²) in [6.07, 6.45) is 1.72. The lowest BCUT2D eigenvalue weighted by Crippen LogP contribution is -2.30. The van der Waals surface area contributed by atoms with E-state index in [0.717, 1.165) is 5.56 Å². The smallest absolute Gasteiger partial charge is 0.267 e. The van der Waals surface area contributed by atoms with Crippen LogP contribution in [0.2, 0.25) is 0 Å². The Morgan fingerprint density at radius 3 is 2.30 bits per heavy atom. The molecule has 1 atom stereocenters. The fraction of sp³-hybridized carbons (Fsp3) is 0.375. The maximum atomic E-state index is 11.9. The molecule has 1 N–H and O–H groups in total. The van der Waals surface area contributed by atoms with Crippen LogP contribution >= 0.6 is 0 Å². The molecule has 1 aromatic heterocycles. The quantitative estimate of drug-likeness (QED) is 0.926. The summed E-state index contributed by atoms with van der Waals surface area (Å²) in [6.45, 7) is 6.57. The Labute approximate surface area is 119 Å². The van der Waals surface area contributed by atoms with Crippen molar-refractivity contribution in [1.29, 1.82) is 0 Å². The molecule has 106 valence electrons. The van der Waals surface area contributed by atoms with Crippen LogP contribution in [0.25, 0.3) is 0 Å². The lowest BCUT2D eigenvalue weighted by atomic mass is 10.0. The van der Waals surface area contributed by atoms with E-state index in [-0.39, 0.29) is 11.6 Å². The normalized spacial score (nSPS) is 12.4. The van der Waals surface area contributed by atoms with Crippen molar-refractivity contribution >= 4 is 0 Å². The number of likely N-dealkylation sites (N-methyl/N-ethyl adjacent to an activating group) is 1. The van der Waals surface area contributed by atoms with Crippen molar-refractivity contribution in [3.63, 3.8) is 0 Å². The maximum absolute atomic E-state index is 11.9. The molecule has 0 saturated heterocycles. The van der Waals surface area contributed by atoms with Crippen LogP contribution < -0.4 is 10.9 Å². The van der Waals surface area contributed by atoms with Crippen molar-refractivity contribution < 1.29 is 0 Å². The molecule has 0 spiro atoms. The highest BCUT2D eigenvalue weighted by Gasteiger charge is 2.12. The molecule has 0 amide bonds. The van der Waals surface area contributed by atoms with Gasteiger partial charge in [-0.3, -0.25) is 4.79 Å². The molecule has 1 unspecified atom stereocenters. The minimum Gasteiger partial charge on any atom is -0.311 e. The highest BCUT2D eigenvalue weighted by atomic mass is 16.1. The van der Waals surface area contributed by atoms with Crippen LogP contribution in [0, 0.1) is 20.8 Å². The van der Waals surface area contributed by atoms with Crippen LogP contribution in [-0.2, 0) is 6.54 Å². The van der Waals surface area contributed by atoms with Gasteiger partial charge in [-0.05, 0) is 38.9 Å². The number of nitrogens with one attached hydrogen (secondary N) is 1. The predicted molar refractivity (Wildman–Crippen MR) is 81.0 cm³/mol. The van der Waals surface area contributed by atoms with E-state index in [1.807, 2.05) is 14.0 Å². The zero-order chi connectivity index (χ0) is 14.7. The molecule has 0 aliphatic carbocycles. The number of rotatable bonds is 4. The van der Waals surface area contributed by atoms with Gasteiger partial charge in [0.05, 0.1) is 18.8 Å². The number of hydrogen-bond donors (Lipinski definition) is 1. The second-order valence-corrected chi connectivity index (χ2v) is 5.32. The first-order valence-corrected chi connectivity index (χ1v) is 6.79. The number of aryl methyl sites for hydroxylation is 3. The summed E-state index contributed by atoms with van der Waals surface area (Å²) >= 11 is 0. The lowest BCUT2D eigenvalue weighted by molar-refractivity contribution is 0.451. The third-order valence-corrected chi connectivity index (χ3v) is 3.36. The van der Waals surface area contributed by atoms with Gasteiger partial charge in [0.15, 0.2) is 0 Å². The summed E-state index contributed by atoms with van der Waals surface area (Å²) in [5.41, 5.74) is 4.46. The molecule has 0 aliphatic heterocycles. The van der Waals surface area contributed by atoms with Gasteiger partial charge in [0.2, 0.25) is 0 Å². The van der Waals surface area contributed by atoms with Crippen molar-refractivity contribution in [2.45, 2.75) is 33.4 Å². The summed E-state index contributed by atoms with van der Waals surface area (Å²) in [4.78, 5) is 11.9. The highest BCUT2D eigenvalue weighted by Crippen LogP contribution is 2.17. The zero-order valence-electron chi connectivity index (χ0n) is 12.5. The highest BCUT2D eigenvalue weighted by molar-refractivity contribution is 5.30. The van der Waals surface area contributed by atoms with Crippen LogP contribution in [0.1, 0.15) is 28.3 Å². The SMILES string of the molecule is CNC(Cn1ncc(C)cc1=O)c1cc(C)cc(C)c1. The van der Waals surface area contributed by atoms with E-state index in [0.29, 0.717) is 6.54 Å². The van der Waals surface area contributed by atoms with E-state index >= 15 is 0 Å². The van der Waals surface area contributed by atoms with E-state index in [9.17, 15) is 4.79 Å². The molecule has 0 saturated carbocycles. The van der Waals surface area contributed by atoms with Gasteiger partial charge in [0.25, 0.3) is 5.56 Å². The Bertz CT molecular complexity index is 641. The Hall–Kier alpha value is -1.94. The van der Waals surface area contributed by atoms with E-state index in [1.165, 1.54) is 21.4 Å². The van der Waals surface area contributed by atoms with Crippen molar-refractivity contribution in [3.05, 3.63) is 63.1 Å². The summed E-state index contributed by atoms with van der Waals surface area (Å²) in [7, 11) is 1.90. The van der Waals surface area contributed by atoms with Gasteiger partial charge in [-0.15, -0.1) is 0 Å². The average molecular weight is 271 g/mol. The molecule has 4 nitrogen and oxygen atoms in total. The molecule has 0 fully saturated rings. The van der Waals surface area contributed by atoms with Crippen molar-refractivity contribution in [1.82, 2.24) is 15.1 Å². The molecular formula is C16H21N3O. The van der Waals surface area contributed by atoms with Crippen LogP contribution in [0.3, 0.4) is 0 Å². The van der Waals surface area contributed by atoms with Gasteiger partial charge in [0, 0.05) is 6.07 Å². The van der Waals surface area contributed by atoms with E-state index in [1.54, 1.807) is 12.3 Å². The largest absolute Gasteiger partial charge is 0.311 e. The molecule has 1 aromatic carbocycles. The van der Waals surface area contributed by atoms with Gasteiger partial charge in [-0.2, -0.15) is 5.10 Å². The molecule has 2 aromatic rings. The molecule has 0 bridgehead atoms. The van der Waals surface area contributed by atoms with Gasteiger partial charge in [-0.1, -0.05) is 29.3 Å². The molecule has 0 aliphatic rings. The van der Waals surface area contributed by atoms with Gasteiger partial charge in [0.1, 0.15) is 0 Å². The van der Waals surface area contributed by atoms with Crippen molar-refractivity contribution in [3.8, 4) is 0 Å². The van der Waals surface area contributed by atoms with Crippen LogP contribution in [0.5, 0.6) is 0 Å². The Morgan fingerprint density at radius 2 is 1.75 bits per heavy atom. The van der Waals surface area contributed by atoms with Crippen LogP contribution in [0.4, 0.5) is 0 Å². The summed E-state index contributed by atoms with van der Waals surface area (Å²) < 4.78 is 1.51.